The van der Waals surface area contributed by atoms with Gasteiger partial charge in [0.05, 0.1) is 0 Å². The molecule has 0 aliphatic rings. The van der Waals surface area contributed by atoms with E-state index < -0.39 is 0 Å². The van der Waals surface area contributed by atoms with Crippen LogP contribution in [0, 0.1) is 11.8 Å². The predicted molar refractivity (Wildman–Crippen MR) is 62.6 cm³/mol. The number of ether oxygens (including phenoxy) is 1. The van der Waals surface area contributed by atoms with E-state index in [0.29, 0.717) is 0 Å². The molecule has 0 bridgehead atoms. The van der Waals surface area contributed by atoms with Crippen molar-refractivity contribution in [2.75, 3.05) is 26.8 Å². The number of nitrogens with one attached hydrogen (secondary N) is 1. The van der Waals surface area contributed by atoms with Crippen LogP contribution in [0.25, 0.3) is 0 Å². The normalized spacial score (nSPS) is 13.5. The Hall–Kier alpha value is -0.0800. The van der Waals surface area contributed by atoms with Gasteiger partial charge in [0.2, 0.25) is 0 Å². The molecule has 0 fully saturated rings. The molecule has 0 heterocycles. The van der Waals surface area contributed by atoms with Crippen LogP contribution in [0.4, 0.5) is 0 Å². The Morgan fingerprint density at radius 2 is 2.00 bits per heavy atom. The Morgan fingerprint density at radius 1 is 1.29 bits per heavy atom. The van der Waals surface area contributed by atoms with Crippen LogP contribution in [0.1, 0.15) is 40.0 Å². The van der Waals surface area contributed by atoms with Crippen LogP contribution in [0.15, 0.2) is 0 Å². The molecule has 0 aromatic heterocycles. The summed E-state index contributed by atoms with van der Waals surface area (Å²) in [5.41, 5.74) is 0. The first-order chi connectivity index (χ1) is 6.70. The van der Waals surface area contributed by atoms with Crippen LogP contribution >= 0.6 is 0 Å². The van der Waals surface area contributed by atoms with E-state index in [2.05, 4.69) is 26.1 Å². The van der Waals surface area contributed by atoms with Crippen LogP contribution < -0.4 is 5.32 Å². The zero-order valence-electron chi connectivity index (χ0n) is 10.3. The minimum atomic E-state index is 0.806. The zero-order chi connectivity index (χ0) is 10.8. The van der Waals surface area contributed by atoms with Gasteiger partial charge in [-0.1, -0.05) is 13.8 Å². The van der Waals surface area contributed by atoms with Gasteiger partial charge in [-0.25, -0.2) is 0 Å². The highest BCUT2D eigenvalue weighted by Gasteiger charge is 2.09. The van der Waals surface area contributed by atoms with Gasteiger partial charge < -0.3 is 10.1 Å². The molecular formula is C12H27NO. The molecule has 0 radical (unpaired) electrons. The summed E-state index contributed by atoms with van der Waals surface area (Å²) in [6.45, 7) is 9.57. The second kappa shape index (κ2) is 9.47. The van der Waals surface area contributed by atoms with Crippen molar-refractivity contribution in [1.82, 2.24) is 5.32 Å². The van der Waals surface area contributed by atoms with Gasteiger partial charge in [-0.05, 0) is 51.6 Å². The molecule has 0 aliphatic carbocycles. The smallest absolute Gasteiger partial charge is 0.0466 e. The third kappa shape index (κ3) is 8.52. The average Bonchev–Trinajstić information content (AvgIpc) is 2.12. The fourth-order valence-corrected chi connectivity index (χ4v) is 1.88. The first-order valence-electron chi connectivity index (χ1n) is 5.93. The van der Waals surface area contributed by atoms with Crippen LogP contribution in [-0.2, 0) is 4.74 Å². The standard InChI is InChI=1S/C12H27NO/c1-5-14-8-6-7-12(10-13-4)9-11(2)3/h11-13H,5-10H2,1-4H3. The highest BCUT2D eigenvalue weighted by Crippen LogP contribution is 2.16. The summed E-state index contributed by atoms with van der Waals surface area (Å²) in [5, 5.41) is 3.27. The van der Waals surface area contributed by atoms with Crippen molar-refractivity contribution in [3.05, 3.63) is 0 Å². The third-order valence-electron chi connectivity index (χ3n) is 2.40. The van der Waals surface area contributed by atoms with Crippen LogP contribution in [0.5, 0.6) is 0 Å². The molecule has 1 unspecified atom stereocenters. The fraction of sp³-hybridized carbons (Fsp3) is 1.00. The Labute approximate surface area is 89.4 Å². The number of hydrogen-bond donors (Lipinski definition) is 1. The SMILES string of the molecule is CCOCCCC(CNC)CC(C)C. The summed E-state index contributed by atoms with van der Waals surface area (Å²) in [7, 11) is 2.04. The summed E-state index contributed by atoms with van der Waals surface area (Å²) in [5.74, 6) is 1.63. The molecule has 14 heavy (non-hydrogen) atoms. The minimum Gasteiger partial charge on any atom is -0.382 e. The largest absolute Gasteiger partial charge is 0.382 e. The van der Waals surface area contributed by atoms with Gasteiger partial charge in [0.1, 0.15) is 0 Å². The minimum absolute atomic E-state index is 0.806. The lowest BCUT2D eigenvalue weighted by atomic mass is 9.93. The van der Waals surface area contributed by atoms with Gasteiger partial charge in [0.15, 0.2) is 0 Å². The quantitative estimate of drug-likeness (QED) is 0.579. The van der Waals surface area contributed by atoms with E-state index in [1.165, 1.54) is 19.3 Å². The molecule has 0 aliphatic heterocycles. The van der Waals surface area contributed by atoms with Crippen molar-refractivity contribution in [2.45, 2.75) is 40.0 Å². The maximum atomic E-state index is 5.35. The second-order valence-corrected chi connectivity index (χ2v) is 4.39. The summed E-state index contributed by atoms with van der Waals surface area (Å²) >= 11 is 0. The van der Waals surface area contributed by atoms with Crippen LogP contribution in [0.3, 0.4) is 0 Å². The first-order valence-corrected chi connectivity index (χ1v) is 5.93. The van der Waals surface area contributed by atoms with Crippen molar-refractivity contribution in [3.63, 3.8) is 0 Å². The number of rotatable bonds is 9. The molecule has 0 aromatic carbocycles. The Balaban J connectivity index is 3.51. The Kier molecular flexibility index (Phi) is 9.42. The summed E-state index contributed by atoms with van der Waals surface area (Å²) in [4.78, 5) is 0. The molecule has 1 N–H and O–H groups in total. The lowest BCUT2D eigenvalue weighted by Gasteiger charge is -2.18. The van der Waals surface area contributed by atoms with Gasteiger partial charge in [-0.2, -0.15) is 0 Å². The lowest BCUT2D eigenvalue weighted by Crippen LogP contribution is -2.20. The van der Waals surface area contributed by atoms with E-state index in [-0.39, 0.29) is 0 Å². The van der Waals surface area contributed by atoms with E-state index in [1.807, 2.05) is 7.05 Å². The molecule has 1 atom stereocenters. The van der Waals surface area contributed by atoms with Crippen molar-refractivity contribution < 1.29 is 4.74 Å². The van der Waals surface area contributed by atoms with Gasteiger partial charge in [-0.15, -0.1) is 0 Å². The van der Waals surface area contributed by atoms with Gasteiger partial charge >= 0.3 is 0 Å². The maximum Gasteiger partial charge on any atom is 0.0466 e. The van der Waals surface area contributed by atoms with E-state index in [1.54, 1.807) is 0 Å². The maximum absolute atomic E-state index is 5.35. The monoisotopic (exact) mass is 201 g/mol. The topological polar surface area (TPSA) is 21.3 Å². The predicted octanol–water partition coefficient (Wildman–Crippen LogP) is 2.68. The van der Waals surface area contributed by atoms with Crippen molar-refractivity contribution in [2.24, 2.45) is 11.8 Å². The molecule has 0 amide bonds. The molecule has 0 saturated carbocycles. The summed E-state index contributed by atoms with van der Waals surface area (Å²) in [6.07, 6.45) is 3.82. The molecule has 0 spiro atoms. The molecular weight excluding hydrogens is 174 g/mol. The summed E-state index contributed by atoms with van der Waals surface area (Å²) < 4.78 is 5.35. The number of hydrogen-bond acceptors (Lipinski definition) is 2. The van der Waals surface area contributed by atoms with E-state index in [4.69, 9.17) is 4.74 Å². The second-order valence-electron chi connectivity index (χ2n) is 4.39. The van der Waals surface area contributed by atoms with E-state index >= 15 is 0 Å². The van der Waals surface area contributed by atoms with Crippen molar-refractivity contribution in [1.29, 1.82) is 0 Å². The molecule has 0 aromatic rings. The van der Waals surface area contributed by atoms with Gasteiger partial charge in [0, 0.05) is 13.2 Å². The van der Waals surface area contributed by atoms with E-state index in [0.717, 1.165) is 31.6 Å². The fourth-order valence-electron chi connectivity index (χ4n) is 1.88. The Morgan fingerprint density at radius 3 is 2.50 bits per heavy atom. The molecule has 2 nitrogen and oxygen atoms in total. The van der Waals surface area contributed by atoms with Crippen LogP contribution in [-0.4, -0.2) is 26.8 Å². The molecule has 0 rings (SSSR count). The molecule has 0 saturated heterocycles. The van der Waals surface area contributed by atoms with Gasteiger partial charge in [0.25, 0.3) is 0 Å². The highest BCUT2D eigenvalue weighted by molar-refractivity contribution is 4.63. The van der Waals surface area contributed by atoms with Gasteiger partial charge in [-0.3, -0.25) is 0 Å². The molecule has 86 valence electrons. The summed E-state index contributed by atoms with van der Waals surface area (Å²) in [6, 6.07) is 0. The van der Waals surface area contributed by atoms with Crippen molar-refractivity contribution in [3.8, 4) is 0 Å². The molecule has 2 heteroatoms. The lowest BCUT2D eigenvalue weighted by molar-refractivity contribution is 0.138. The Bertz CT molecular complexity index is 115. The third-order valence-corrected chi connectivity index (χ3v) is 2.40. The van der Waals surface area contributed by atoms with Crippen LogP contribution in [0.2, 0.25) is 0 Å². The zero-order valence-corrected chi connectivity index (χ0v) is 10.3. The average molecular weight is 201 g/mol. The van der Waals surface area contributed by atoms with Crippen molar-refractivity contribution >= 4 is 0 Å². The first kappa shape index (κ1) is 13.9. The highest BCUT2D eigenvalue weighted by atomic mass is 16.5. The van der Waals surface area contributed by atoms with E-state index in [9.17, 15) is 0 Å².